The lowest BCUT2D eigenvalue weighted by atomic mass is 9.32. The molecule has 4 nitrogen and oxygen atoms in total. The summed E-state index contributed by atoms with van der Waals surface area (Å²) in [5, 5.41) is 13.7. The van der Waals surface area contributed by atoms with Gasteiger partial charge in [0.15, 0.2) is 0 Å². The van der Waals surface area contributed by atoms with Crippen LogP contribution in [-0.4, -0.2) is 48.7 Å². The lowest BCUT2D eigenvalue weighted by Crippen LogP contribution is -2.68. The van der Waals surface area contributed by atoms with Crippen molar-refractivity contribution in [1.82, 2.24) is 10.2 Å². The summed E-state index contributed by atoms with van der Waals surface area (Å²) in [4.78, 5) is 13.9. The molecule has 5 aliphatic carbocycles. The molecule has 2 N–H and O–H groups in total. The van der Waals surface area contributed by atoms with Crippen LogP contribution in [0.2, 0.25) is 0 Å². The van der Waals surface area contributed by atoms with E-state index in [4.69, 9.17) is 0 Å². The number of nitrogens with one attached hydrogen (secondary N) is 1. The maximum Gasteiger partial charge on any atom is 0.335 e. The third-order valence-electron chi connectivity index (χ3n) is 16.0. The molecule has 6 rings (SSSR count). The summed E-state index contributed by atoms with van der Waals surface area (Å²) in [5.41, 5.74) is 3.46. The molecule has 10 unspecified atom stereocenters. The second kappa shape index (κ2) is 11.1. The average Bonchev–Trinajstić information content (AvgIpc) is 3.33. The molecular weight excluding hydrogens is 540 g/mol. The molecule has 1 aromatic rings. The van der Waals surface area contributed by atoms with Crippen LogP contribution in [0.15, 0.2) is 24.3 Å². The van der Waals surface area contributed by atoms with Gasteiger partial charge in [-0.2, -0.15) is 0 Å². The fourth-order valence-corrected chi connectivity index (χ4v) is 13.7. The number of hydrogen-bond acceptors (Lipinski definition) is 3. The number of carbonyl (C=O) groups is 1. The SMILES string of the molecule is CC(C)C1CCC2(NCCN(C)C)CCC3(C)C(CCC4C5(C)CCC(c6ccc(C(=O)O)cc6)C(C)(C)C5CCC43C)C12. The van der Waals surface area contributed by atoms with Gasteiger partial charge in [-0.1, -0.05) is 60.6 Å². The number of aromatic carboxylic acids is 1. The van der Waals surface area contributed by atoms with Crippen LogP contribution in [0.1, 0.15) is 135 Å². The first-order chi connectivity index (χ1) is 20.6. The molecule has 0 radical (unpaired) electrons. The maximum absolute atomic E-state index is 11.5. The van der Waals surface area contributed by atoms with E-state index in [1.165, 1.54) is 69.8 Å². The van der Waals surface area contributed by atoms with Crippen molar-refractivity contribution in [2.45, 2.75) is 124 Å². The summed E-state index contributed by atoms with van der Waals surface area (Å²) >= 11 is 0. The van der Waals surface area contributed by atoms with Crippen LogP contribution in [0.25, 0.3) is 0 Å². The summed E-state index contributed by atoms with van der Waals surface area (Å²) in [6.07, 6.45) is 13.6. The number of likely N-dealkylation sites (N-methyl/N-ethyl adjacent to an activating group) is 1. The van der Waals surface area contributed by atoms with Gasteiger partial charge in [-0.25, -0.2) is 4.79 Å². The van der Waals surface area contributed by atoms with E-state index in [2.05, 4.69) is 84.9 Å². The van der Waals surface area contributed by atoms with Gasteiger partial charge in [0.2, 0.25) is 0 Å². The number of hydrogen-bond donors (Lipinski definition) is 2. The molecule has 0 aromatic heterocycles. The molecule has 5 fully saturated rings. The Labute approximate surface area is 269 Å². The minimum absolute atomic E-state index is 0.198. The monoisotopic (exact) mass is 604 g/mol. The highest BCUT2D eigenvalue weighted by Gasteiger charge is 2.70. The predicted octanol–water partition coefficient (Wildman–Crippen LogP) is 9.11. The van der Waals surface area contributed by atoms with E-state index in [1.54, 1.807) is 0 Å². The summed E-state index contributed by atoms with van der Waals surface area (Å²) in [6, 6.07) is 7.89. The largest absolute Gasteiger partial charge is 0.478 e. The number of fused-ring (bicyclic) bond motifs is 7. The van der Waals surface area contributed by atoms with Crippen LogP contribution >= 0.6 is 0 Å². The smallest absolute Gasteiger partial charge is 0.335 e. The molecule has 0 amide bonds. The van der Waals surface area contributed by atoms with Crippen LogP contribution in [0, 0.1) is 57.2 Å². The molecule has 1 aromatic carbocycles. The van der Waals surface area contributed by atoms with Gasteiger partial charge < -0.3 is 15.3 Å². The van der Waals surface area contributed by atoms with Crippen LogP contribution in [0.4, 0.5) is 0 Å². The van der Waals surface area contributed by atoms with E-state index in [0.717, 1.165) is 42.7 Å². The number of rotatable bonds is 7. The topological polar surface area (TPSA) is 52.6 Å². The van der Waals surface area contributed by atoms with Crippen LogP contribution in [0.5, 0.6) is 0 Å². The van der Waals surface area contributed by atoms with Crippen LogP contribution in [-0.2, 0) is 0 Å². The summed E-state index contributed by atoms with van der Waals surface area (Å²) < 4.78 is 0. The Morgan fingerprint density at radius 2 is 1.57 bits per heavy atom. The number of carboxylic acids is 1. The Hall–Kier alpha value is -1.39. The van der Waals surface area contributed by atoms with Crippen LogP contribution < -0.4 is 5.32 Å². The zero-order chi connectivity index (χ0) is 31.9. The Kier molecular flexibility index (Phi) is 8.21. The molecule has 5 aliphatic rings. The van der Waals surface area contributed by atoms with Crippen molar-refractivity contribution < 1.29 is 9.90 Å². The highest BCUT2D eigenvalue weighted by Crippen LogP contribution is 2.77. The number of nitrogens with zero attached hydrogens (tertiary/aromatic N) is 1. The Morgan fingerprint density at radius 3 is 2.20 bits per heavy atom. The molecular formula is C40H64N2O2. The first-order valence-corrected chi connectivity index (χ1v) is 18.3. The molecule has 5 saturated carbocycles. The molecule has 44 heavy (non-hydrogen) atoms. The third-order valence-corrected chi connectivity index (χ3v) is 16.0. The molecule has 0 aliphatic heterocycles. The van der Waals surface area contributed by atoms with E-state index in [1.807, 2.05) is 12.1 Å². The fraction of sp³-hybridized carbons (Fsp3) is 0.825. The van der Waals surface area contributed by atoms with Gasteiger partial charge in [-0.15, -0.1) is 0 Å². The summed E-state index contributed by atoms with van der Waals surface area (Å²) in [6.45, 7) is 20.7. The second-order valence-electron chi connectivity index (χ2n) is 18.4. The van der Waals surface area contributed by atoms with E-state index < -0.39 is 5.97 Å². The van der Waals surface area contributed by atoms with Crippen molar-refractivity contribution >= 4 is 5.97 Å². The zero-order valence-corrected chi connectivity index (χ0v) is 29.6. The van der Waals surface area contributed by atoms with E-state index in [-0.39, 0.29) is 5.41 Å². The predicted molar refractivity (Wildman–Crippen MR) is 182 cm³/mol. The van der Waals surface area contributed by atoms with Crippen molar-refractivity contribution in [3.8, 4) is 0 Å². The van der Waals surface area contributed by atoms with Crippen molar-refractivity contribution in [3.63, 3.8) is 0 Å². The second-order valence-corrected chi connectivity index (χ2v) is 18.4. The van der Waals surface area contributed by atoms with E-state index >= 15 is 0 Å². The third kappa shape index (κ3) is 4.69. The van der Waals surface area contributed by atoms with Gasteiger partial charge in [0.1, 0.15) is 0 Å². The highest BCUT2D eigenvalue weighted by molar-refractivity contribution is 5.87. The molecule has 4 heteroatoms. The van der Waals surface area contributed by atoms with Gasteiger partial charge in [0.25, 0.3) is 0 Å². The van der Waals surface area contributed by atoms with Crippen molar-refractivity contribution in [2.75, 3.05) is 27.2 Å². The van der Waals surface area contributed by atoms with Crippen molar-refractivity contribution in [1.29, 1.82) is 0 Å². The molecule has 0 bridgehead atoms. The lowest BCUT2D eigenvalue weighted by Gasteiger charge is -2.73. The molecule has 0 saturated heterocycles. The quantitative estimate of drug-likeness (QED) is 0.326. The lowest BCUT2D eigenvalue weighted by molar-refractivity contribution is -0.235. The molecule has 10 atom stereocenters. The molecule has 0 spiro atoms. The number of carboxylic acid groups (broad SMARTS) is 1. The first kappa shape index (κ1) is 32.5. The van der Waals surface area contributed by atoms with Gasteiger partial charge in [-0.3, -0.25) is 0 Å². The van der Waals surface area contributed by atoms with E-state index in [9.17, 15) is 9.90 Å². The Morgan fingerprint density at radius 1 is 0.864 bits per heavy atom. The molecule has 0 heterocycles. The highest BCUT2D eigenvalue weighted by atomic mass is 16.4. The summed E-state index contributed by atoms with van der Waals surface area (Å²) in [5.74, 6) is 4.41. The summed E-state index contributed by atoms with van der Waals surface area (Å²) in [7, 11) is 4.42. The maximum atomic E-state index is 11.5. The van der Waals surface area contributed by atoms with Crippen LogP contribution in [0.3, 0.4) is 0 Å². The minimum atomic E-state index is -0.829. The van der Waals surface area contributed by atoms with Crippen molar-refractivity contribution in [3.05, 3.63) is 35.4 Å². The standard InChI is InChI=1S/C40H64N2O2/c1-26(2)29-16-21-40(41-24-25-42(8)9)23-22-38(6)31(34(29)40)14-15-33-37(5)19-17-30(27-10-12-28(13-11-27)35(43)44)36(3,4)32(37)18-20-39(33,38)7/h10-13,26,29-34,41H,14-25H2,1-9H3,(H,43,44). The molecule has 246 valence electrons. The fourth-order valence-electron chi connectivity index (χ4n) is 13.7. The van der Waals surface area contributed by atoms with Gasteiger partial charge in [0.05, 0.1) is 5.56 Å². The first-order valence-electron chi connectivity index (χ1n) is 18.3. The van der Waals surface area contributed by atoms with E-state index in [0.29, 0.717) is 39.2 Å². The Bertz CT molecular complexity index is 1220. The minimum Gasteiger partial charge on any atom is -0.478 e. The average molecular weight is 605 g/mol. The van der Waals surface area contributed by atoms with Gasteiger partial charge in [0, 0.05) is 18.6 Å². The van der Waals surface area contributed by atoms with Gasteiger partial charge >= 0.3 is 5.97 Å². The zero-order valence-electron chi connectivity index (χ0n) is 29.6. The Balaban J connectivity index is 1.29. The normalized spacial score (nSPS) is 44.5. The number of benzene rings is 1. The van der Waals surface area contributed by atoms with Gasteiger partial charge in [-0.05, 0) is 159 Å². The van der Waals surface area contributed by atoms with Crippen molar-refractivity contribution in [2.24, 2.45) is 57.2 Å².